The molecular weight excluding hydrogens is 193 g/mol. The van der Waals surface area contributed by atoms with Crippen LogP contribution in [0.25, 0.3) is 0 Å². The second kappa shape index (κ2) is 2.59. The van der Waals surface area contributed by atoms with Gasteiger partial charge in [-0.1, -0.05) is 0 Å². The first-order valence-corrected chi connectivity index (χ1v) is 0.873. The van der Waals surface area contributed by atoms with Gasteiger partial charge in [0.15, 0.2) is 0 Å². The molecule has 42 valence electrons. The molecule has 0 amide bonds. The minimum absolute atomic E-state index is 0. The van der Waals surface area contributed by atoms with Gasteiger partial charge in [-0.3, -0.25) is 0 Å². The van der Waals surface area contributed by atoms with Gasteiger partial charge in [0.25, 0.3) is 0 Å². The molecule has 0 aromatic rings. The van der Waals surface area contributed by atoms with E-state index in [9.17, 15) is 17.3 Å². The monoisotopic (exact) mass is 193 g/mol. The van der Waals surface area contributed by atoms with Crippen molar-refractivity contribution >= 4 is 7.25 Å². The molecule has 6 heteroatoms. The standard InChI is InChI=1S/BF4.Pd/c2-1(3,4)5;/q-1;. The molecular formula is BF4Pd-. The molecule has 0 rings (SSSR count). The molecule has 0 atom stereocenters. The summed E-state index contributed by atoms with van der Waals surface area (Å²) in [4.78, 5) is 0. The Labute approximate surface area is 45.7 Å². The molecule has 0 aromatic carbocycles. The maximum atomic E-state index is 9.75. The van der Waals surface area contributed by atoms with E-state index in [1.54, 1.807) is 0 Å². The fourth-order valence-corrected chi connectivity index (χ4v) is 0. The summed E-state index contributed by atoms with van der Waals surface area (Å²) in [5.74, 6) is 0. The van der Waals surface area contributed by atoms with E-state index in [0.29, 0.717) is 0 Å². The van der Waals surface area contributed by atoms with Crippen LogP contribution in [0.1, 0.15) is 0 Å². The average Bonchev–Trinajstić information content (AvgIpc) is 0.722. The van der Waals surface area contributed by atoms with Crippen LogP contribution < -0.4 is 0 Å². The topological polar surface area (TPSA) is 0 Å². The minimum Gasteiger partial charge on any atom is -0.418 e. The third-order valence-electron chi connectivity index (χ3n) is 0. The van der Waals surface area contributed by atoms with Gasteiger partial charge < -0.3 is 17.3 Å². The molecule has 0 aliphatic rings. The predicted molar refractivity (Wildman–Crippen MR) is 10.2 cm³/mol. The van der Waals surface area contributed by atoms with E-state index in [0.717, 1.165) is 0 Å². The normalized spacial score (nSPS) is 10.0. The molecule has 0 bridgehead atoms. The van der Waals surface area contributed by atoms with Gasteiger partial charge in [-0.05, 0) is 0 Å². The van der Waals surface area contributed by atoms with Crippen molar-refractivity contribution in [3.63, 3.8) is 0 Å². The van der Waals surface area contributed by atoms with E-state index in [1.807, 2.05) is 0 Å². The van der Waals surface area contributed by atoms with Crippen LogP contribution in [0.2, 0.25) is 0 Å². The van der Waals surface area contributed by atoms with Crippen molar-refractivity contribution in [2.45, 2.75) is 0 Å². The number of hydrogen-bond donors (Lipinski definition) is 0. The van der Waals surface area contributed by atoms with Gasteiger partial charge in [0.1, 0.15) is 0 Å². The first kappa shape index (κ1) is 9.67. The zero-order chi connectivity index (χ0) is 4.50. The van der Waals surface area contributed by atoms with E-state index in [4.69, 9.17) is 0 Å². The molecule has 0 unspecified atom stereocenters. The summed E-state index contributed by atoms with van der Waals surface area (Å²) in [6.45, 7) is 0. The Kier molecular flexibility index (Phi) is 4.18. The van der Waals surface area contributed by atoms with Gasteiger partial charge in [0.2, 0.25) is 0 Å². The Hall–Kier alpha value is 0.447. The molecule has 0 aliphatic carbocycles. The first-order valence-electron chi connectivity index (χ1n) is 0.873. The van der Waals surface area contributed by atoms with Gasteiger partial charge in [0.05, 0.1) is 0 Å². The second-order valence-electron chi connectivity index (χ2n) is 0.495. The van der Waals surface area contributed by atoms with E-state index < -0.39 is 7.25 Å². The molecule has 0 spiro atoms. The van der Waals surface area contributed by atoms with Crippen LogP contribution >= 0.6 is 0 Å². The van der Waals surface area contributed by atoms with Crippen molar-refractivity contribution in [3.8, 4) is 0 Å². The zero-order valence-corrected chi connectivity index (χ0v) is 3.96. The summed E-state index contributed by atoms with van der Waals surface area (Å²) in [6, 6.07) is 0. The van der Waals surface area contributed by atoms with Crippen molar-refractivity contribution in [1.29, 1.82) is 0 Å². The fourth-order valence-electron chi connectivity index (χ4n) is 0. The van der Waals surface area contributed by atoms with Crippen LogP contribution in [0.15, 0.2) is 0 Å². The van der Waals surface area contributed by atoms with E-state index >= 15 is 0 Å². The number of halogens is 4. The molecule has 0 radical (unpaired) electrons. The number of rotatable bonds is 0. The largest absolute Gasteiger partial charge is 0.673 e. The minimum atomic E-state index is -6.00. The van der Waals surface area contributed by atoms with Gasteiger partial charge in [-0.2, -0.15) is 0 Å². The van der Waals surface area contributed by atoms with Gasteiger partial charge >= 0.3 is 7.25 Å². The first-order chi connectivity index (χ1) is 2.00. The molecule has 0 saturated carbocycles. The molecule has 0 N–H and O–H groups in total. The van der Waals surface area contributed by atoms with E-state index in [1.165, 1.54) is 0 Å². The maximum absolute atomic E-state index is 9.75. The molecule has 6 heavy (non-hydrogen) atoms. The van der Waals surface area contributed by atoms with E-state index in [-0.39, 0.29) is 20.4 Å². The second-order valence-corrected chi connectivity index (χ2v) is 0.495. The van der Waals surface area contributed by atoms with Crippen molar-refractivity contribution in [2.24, 2.45) is 0 Å². The molecule has 0 nitrogen and oxygen atoms in total. The van der Waals surface area contributed by atoms with Crippen LogP contribution in [0.3, 0.4) is 0 Å². The third-order valence-corrected chi connectivity index (χ3v) is 0. The van der Waals surface area contributed by atoms with Crippen molar-refractivity contribution < 1.29 is 37.7 Å². The average molecular weight is 193 g/mol. The van der Waals surface area contributed by atoms with Gasteiger partial charge in [-0.25, -0.2) is 0 Å². The van der Waals surface area contributed by atoms with Gasteiger partial charge in [-0.15, -0.1) is 0 Å². The van der Waals surface area contributed by atoms with Crippen LogP contribution in [0, 0.1) is 0 Å². The SMILES string of the molecule is F[B-](F)(F)F.[Pd]. The summed E-state index contributed by atoms with van der Waals surface area (Å²) < 4.78 is 39.0. The summed E-state index contributed by atoms with van der Waals surface area (Å²) >= 11 is 0. The Morgan fingerprint density at radius 1 is 0.833 bits per heavy atom. The van der Waals surface area contributed by atoms with Crippen molar-refractivity contribution in [3.05, 3.63) is 0 Å². The fraction of sp³-hybridized carbons (Fsp3) is 0. The molecule has 0 saturated heterocycles. The number of hydrogen-bond acceptors (Lipinski definition) is 0. The summed E-state index contributed by atoms with van der Waals surface area (Å²) in [5.41, 5.74) is 0. The van der Waals surface area contributed by atoms with Gasteiger partial charge in [0, 0.05) is 20.4 Å². The molecule has 0 aromatic heterocycles. The van der Waals surface area contributed by atoms with Crippen molar-refractivity contribution in [2.75, 3.05) is 0 Å². The van der Waals surface area contributed by atoms with Crippen LogP contribution in [-0.4, -0.2) is 7.25 Å². The quantitative estimate of drug-likeness (QED) is 0.402. The Morgan fingerprint density at radius 2 is 0.833 bits per heavy atom. The molecule has 0 fully saturated rings. The summed E-state index contributed by atoms with van der Waals surface area (Å²) in [7, 11) is -6.00. The summed E-state index contributed by atoms with van der Waals surface area (Å²) in [5, 5.41) is 0. The van der Waals surface area contributed by atoms with Crippen LogP contribution in [0.5, 0.6) is 0 Å². The Balaban J connectivity index is 0. The summed E-state index contributed by atoms with van der Waals surface area (Å²) in [6.07, 6.45) is 0. The molecule has 0 heterocycles. The van der Waals surface area contributed by atoms with Crippen LogP contribution in [0.4, 0.5) is 17.3 Å². The van der Waals surface area contributed by atoms with Crippen molar-refractivity contribution in [1.82, 2.24) is 0 Å². The maximum Gasteiger partial charge on any atom is 0.673 e. The third kappa shape index (κ3) is 264. The Bertz CT molecular complexity index is 23.0. The van der Waals surface area contributed by atoms with E-state index in [2.05, 4.69) is 0 Å². The predicted octanol–water partition coefficient (Wildman–Crippen LogP) is 1.30. The zero-order valence-electron chi connectivity index (χ0n) is 2.41. The van der Waals surface area contributed by atoms with Crippen LogP contribution in [-0.2, 0) is 20.4 Å². The molecule has 0 aliphatic heterocycles. The Morgan fingerprint density at radius 3 is 0.833 bits per heavy atom. The smallest absolute Gasteiger partial charge is 0.418 e.